The maximum Gasteiger partial charge on any atom is 0.165 e. The predicted octanol–water partition coefficient (Wildman–Crippen LogP) is 1.24. The molecule has 0 aliphatic rings. The monoisotopic (exact) mass is 179 g/mol. The Morgan fingerprint density at radius 2 is 2.20 bits per heavy atom. The van der Waals surface area contributed by atoms with Crippen molar-refractivity contribution in [3.8, 4) is 0 Å². The fourth-order valence-corrected chi connectivity index (χ4v) is 1.30. The van der Waals surface area contributed by atoms with Crippen molar-refractivity contribution in [3.05, 3.63) is 0 Å². The molecule has 0 heterocycles. The van der Waals surface area contributed by atoms with Gasteiger partial charge in [0.05, 0.1) is 6.04 Å². The van der Waals surface area contributed by atoms with Crippen molar-refractivity contribution in [2.24, 2.45) is 5.92 Å². The van der Waals surface area contributed by atoms with Gasteiger partial charge in [-0.15, -0.1) is 0 Å². The second kappa shape index (κ2) is 5.11. The Kier molecular flexibility index (Phi) is 5.32. The molecule has 0 aliphatic carbocycles. The van der Waals surface area contributed by atoms with E-state index in [0.29, 0.717) is 5.92 Å². The van der Waals surface area contributed by atoms with Crippen molar-refractivity contribution in [1.82, 2.24) is 4.72 Å². The minimum Gasteiger partial charge on any atom is -0.293 e. The fourth-order valence-electron chi connectivity index (χ4n) is 0.704. The first kappa shape index (κ1) is 10.4. The summed E-state index contributed by atoms with van der Waals surface area (Å²) in [7, 11) is 2.16. The van der Waals surface area contributed by atoms with Crippen LogP contribution in [-0.2, 0) is 4.79 Å². The lowest BCUT2D eigenvalue weighted by Gasteiger charge is -2.13. The first-order valence-corrected chi connectivity index (χ1v) is 4.29. The Hall–Kier alpha value is 0.410. The lowest BCUT2D eigenvalue weighted by Crippen LogP contribution is -2.28. The standard InChI is InChI=1S/C6H14NOPS/c1-4(2)3-5(7-10)6(8)9/h4-5,7,10H,3,9H2,1-2H3/t5-/m0/s1. The molecule has 0 aromatic rings. The first-order chi connectivity index (χ1) is 4.57. The van der Waals surface area contributed by atoms with E-state index >= 15 is 0 Å². The molecule has 1 unspecified atom stereocenters. The van der Waals surface area contributed by atoms with Gasteiger partial charge in [-0.05, 0) is 12.3 Å². The lowest BCUT2D eigenvalue weighted by atomic mass is 10.1. The van der Waals surface area contributed by atoms with Crippen LogP contribution in [0.15, 0.2) is 0 Å². The molecule has 0 aliphatic heterocycles. The van der Waals surface area contributed by atoms with Gasteiger partial charge in [-0.2, -0.15) is 0 Å². The molecular formula is C6H14NOPS. The van der Waals surface area contributed by atoms with E-state index in [4.69, 9.17) is 0 Å². The molecule has 0 aromatic heterocycles. The summed E-state index contributed by atoms with van der Waals surface area (Å²) in [5.74, 6) is 0.522. The van der Waals surface area contributed by atoms with Crippen molar-refractivity contribution in [3.63, 3.8) is 0 Å². The maximum absolute atomic E-state index is 10.8. The van der Waals surface area contributed by atoms with Gasteiger partial charge < -0.3 is 0 Å². The van der Waals surface area contributed by atoms with E-state index < -0.39 is 0 Å². The summed E-state index contributed by atoms with van der Waals surface area (Å²) >= 11 is 3.85. The molecule has 0 saturated carbocycles. The van der Waals surface area contributed by atoms with Crippen molar-refractivity contribution < 1.29 is 4.79 Å². The predicted molar refractivity (Wildman–Crippen MR) is 50.1 cm³/mol. The number of nitrogens with one attached hydrogen (secondary N) is 1. The van der Waals surface area contributed by atoms with E-state index in [2.05, 4.69) is 40.6 Å². The topological polar surface area (TPSA) is 29.1 Å². The quantitative estimate of drug-likeness (QED) is 0.502. The van der Waals surface area contributed by atoms with Crippen LogP contribution in [0.4, 0.5) is 0 Å². The molecule has 60 valence electrons. The third-order valence-electron chi connectivity index (χ3n) is 1.21. The summed E-state index contributed by atoms with van der Waals surface area (Å²) in [5, 5.41) is 0. The van der Waals surface area contributed by atoms with Crippen LogP contribution in [0.25, 0.3) is 0 Å². The highest BCUT2D eigenvalue weighted by molar-refractivity contribution is 7.78. The average Bonchev–Trinajstić information content (AvgIpc) is 1.81. The fraction of sp³-hybridized carbons (Fsp3) is 0.833. The summed E-state index contributed by atoms with van der Waals surface area (Å²) in [5.41, 5.74) is 0.0729. The number of carbonyl (C=O) groups excluding carboxylic acids is 1. The normalized spacial score (nSPS) is 13.7. The highest BCUT2D eigenvalue weighted by Gasteiger charge is 2.12. The Morgan fingerprint density at radius 1 is 1.70 bits per heavy atom. The Labute approximate surface area is 69.9 Å². The average molecular weight is 179 g/mol. The van der Waals surface area contributed by atoms with Gasteiger partial charge in [0.2, 0.25) is 0 Å². The van der Waals surface area contributed by atoms with Gasteiger partial charge in [-0.25, -0.2) is 0 Å². The lowest BCUT2D eigenvalue weighted by molar-refractivity contribution is -0.112. The van der Waals surface area contributed by atoms with Crippen molar-refractivity contribution in [1.29, 1.82) is 0 Å². The molecule has 4 heteroatoms. The maximum atomic E-state index is 10.8. The second-order valence-corrected chi connectivity index (χ2v) is 3.54. The number of hydrogen-bond acceptors (Lipinski definition) is 3. The number of hydrogen-bond donors (Lipinski definition) is 2. The third-order valence-corrected chi connectivity index (χ3v) is 1.92. The molecule has 10 heavy (non-hydrogen) atoms. The van der Waals surface area contributed by atoms with Gasteiger partial charge in [-0.3, -0.25) is 9.52 Å². The Bertz CT molecular complexity index is 118. The van der Waals surface area contributed by atoms with E-state index in [1.54, 1.807) is 0 Å². The molecule has 0 radical (unpaired) electrons. The zero-order valence-corrected chi connectivity index (χ0v) is 8.34. The highest BCUT2D eigenvalue weighted by atomic mass is 32.1. The van der Waals surface area contributed by atoms with Crippen molar-refractivity contribution in [2.75, 3.05) is 0 Å². The number of carbonyl (C=O) groups is 1. The molecule has 1 N–H and O–H groups in total. The highest BCUT2D eigenvalue weighted by Crippen LogP contribution is 2.08. The van der Waals surface area contributed by atoms with Gasteiger partial charge in [-0.1, -0.05) is 35.9 Å². The number of rotatable bonds is 4. The Balaban J connectivity index is 3.72. The SMILES string of the molecule is CC(C)C[C@H](NS)C(=O)P. The van der Waals surface area contributed by atoms with Crippen LogP contribution >= 0.6 is 22.1 Å². The van der Waals surface area contributed by atoms with Gasteiger partial charge in [0.25, 0.3) is 0 Å². The summed E-state index contributed by atoms with van der Waals surface area (Å²) in [6, 6.07) is -0.117. The molecular weight excluding hydrogens is 165 g/mol. The largest absolute Gasteiger partial charge is 0.293 e. The summed E-state index contributed by atoms with van der Waals surface area (Å²) in [4.78, 5) is 10.8. The van der Waals surface area contributed by atoms with Crippen LogP contribution in [-0.4, -0.2) is 11.6 Å². The zero-order valence-electron chi connectivity index (χ0n) is 6.29. The molecule has 0 amide bonds. The van der Waals surface area contributed by atoms with Crippen LogP contribution in [0.5, 0.6) is 0 Å². The zero-order chi connectivity index (χ0) is 8.15. The van der Waals surface area contributed by atoms with E-state index in [-0.39, 0.29) is 11.6 Å². The van der Waals surface area contributed by atoms with Crippen LogP contribution in [0.3, 0.4) is 0 Å². The van der Waals surface area contributed by atoms with E-state index in [1.165, 1.54) is 0 Å². The van der Waals surface area contributed by atoms with Crippen LogP contribution in [0.1, 0.15) is 20.3 Å². The van der Waals surface area contributed by atoms with Gasteiger partial charge in [0.15, 0.2) is 5.52 Å². The van der Waals surface area contributed by atoms with Crippen LogP contribution in [0, 0.1) is 5.92 Å². The first-order valence-electron chi connectivity index (χ1n) is 3.26. The molecule has 0 rings (SSSR count). The summed E-state index contributed by atoms with van der Waals surface area (Å²) in [6.07, 6.45) is 0.839. The number of thiol groups is 1. The van der Waals surface area contributed by atoms with E-state index in [1.807, 2.05) is 0 Å². The molecule has 0 saturated heterocycles. The third kappa shape index (κ3) is 4.26. The molecule has 0 fully saturated rings. The minimum absolute atomic E-state index is 0.0729. The second-order valence-electron chi connectivity index (χ2n) is 2.71. The molecule has 0 bridgehead atoms. The summed E-state index contributed by atoms with van der Waals surface area (Å²) in [6.45, 7) is 4.15. The minimum atomic E-state index is -0.117. The van der Waals surface area contributed by atoms with Crippen LogP contribution < -0.4 is 4.72 Å². The van der Waals surface area contributed by atoms with E-state index in [0.717, 1.165) is 6.42 Å². The molecule has 2 atom stereocenters. The van der Waals surface area contributed by atoms with Crippen molar-refractivity contribution >= 4 is 27.6 Å². The molecule has 0 aromatic carbocycles. The van der Waals surface area contributed by atoms with Crippen molar-refractivity contribution in [2.45, 2.75) is 26.3 Å². The van der Waals surface area contributed by atoms with Crippen LogP contribution in [0.2, 0.25) is 0 Å². The molecule has 0 spiro atoms. The van der Waals surface area contributed by atoms with E-state index in [9.17, 15) is 4.79 Å². The van der Waals surface area contributed by atoms with Gasteiger partial charge >= 0.3 is 0 Å². The van der Waals surface area contributed by atoms with Gasteiger partial charge in [0, 0.05) is 0 Å². The van der Waals surface area contributed by atoms with Gasteiger partial charge in [0.1, 0.15) is 0 Å². The smallest absolute Gasteiger partial charge is 0.165 e. The molecule has 2 nitrogen and oxygen atoms in total. The summed E-state index contributed by atoms with van der Waals surface area (Å²) < 4.78 is 2.66. The Morgan fingerprint density at radius 3 is 2.30 bits per heavy atom.